The fraction of sp³-hybridized carbons (Fsp3) is 0. The van der Waals surface area contributed by atoms with Crippen LogP contribution in [0.5, 0.6) is 0 Å². The molecule has 49 heavy (non-hydrogen) atoms. The molecule has 0 aliphatic carbocycles. The van der Waals surface area contributed by atoms with Crippen molar-refractivity contribution in [2.75, 3.05) is 0 Å². The summed E-state index contributed by atoms with van der Waals surface area (Å²) in [6.45, 7) is 0. The second kappa shape index (κ2) is 12.7. The Morgan fingerprint density at radius 3 is 0.878 bits per heavy atom. The largest absolute Gasteiger partial charge is 0.346 e. The van der Waals surface area contributed by atoms with Crippen molar-refractivity contribution in [1.82, 2.24) is 21.3 Å². The molecule has 0 aromatic carbocycles. The molecular formula is C38H26N10Rh. The molecule has 0 amide bonds. The second-order valence-electron chi connectivity index (χ2n) is 11.5. The monoisotopic (exact) mass is 725 g/mol. The van der Waals surface area contributed by atoms with E-state index in [1.165, 1.54) is 0 Å². The number of aliphatic imine (C=N–C) groups is 6. The van der Waals surface area contributed by atoms with Gasteiger partial charge in [0.25, 0.3) is 0 Å². The second-order valence-corrected chi connectivity index (χ2v) is 11.5. The van der Waals surface area contributed by atoms with Gasteiger partial charge in [0.15, 0.2) is 0 Å². The minimum atomic E-state index is 0. The zero-order chi connectivity index (χ0) is 31.9. The fourth-order valence-corrected chi connectivity index (χ4v) is 5.63. The van der Waals surface area contributed by atoms with Gasteiger partial charge < -0.3 is 21.3 Å². The Kier molecular flexibility index (Phi) is 7.79. The summed E-state index contributed by atoms with van der Waals surface area (Å²) in [6, 6.07) is 0. The Bertz CT molecular complexity index is 2140. The first-order valence-electron chi connectivity index (χ1n) is 15.4. The van der Waals surface area contributed by atoms with Crippen LogP contribution in [-0.4, -0.2) is 34.3 Å². The molecule has 1 radical (unpaired) electrons. The smallest absolute Gasteiger partial charge is 0.109 e. The molecule has 10 rings (SSSR count). The molecule has 0 unspecified atom stereocenters. The summed E-state index contributed by atoms with van der Waals surface area (Å²) in [7, 11) is 0. The van der Waals surface area contributed by atoms with E-state index in [1.54, 1.807) is 0 Å². The van der Waals surface area contributed by atoms with E-state index in [4.69, 9.17) is 0 Å². The van der Waals surface area contributed by atoms with Crippen LogP contribution in [0.25, 0.3) is 0 Å². The predicted octanol–water partition coefficient (Wildman–Crippen LogP) is 5.12. The molecule has 0 atom stereocenters. The SMILES string of the molecule is C1=CC2=NC1=CC1=CNC(=CC3=NC(=CC4=NC(=C2)C=C4)C=C3)N1.C1=CC2=NC1=CC1=CNC(=CC3=NC(=CC4=NC(=C2)C=C4)C=C3)N1.[Rh]. The van der Waals surface area contributed by atoms with E-state index in [-0.39, 0.29) is 19.5 Å². The van der Waals surface area contributed by atoms with Crippen LogP contribution in [0.15, 0.2) is 221 Å². The summed E-state index contributed by atoms with van der Waals surface area (Å²) in [5, 5.41) is 13.0. The number of hydrogen-bond acceptors (Lipinski definition) is 10. The molecule has 10 aliphatic heterocycles. The van der Waals surface area contributed by atoms with E-state index >= 15 is 0 Å². The minimum absolute atomic E-state index is 0. The third-order valence-electron chi connectivity index (χ3n) is 7.80. The molecule has 0 saturated heterocycles. The van der Waals surface area contributed by atoms with Crippen LogP contribution >= 0.6 is 0 Å². The van der Waals surface area contributed by atoms with E-state index in [0.29, 0.717) is 0 Å². The Morgan fingerprint density at radius 1 is 0.306 bits per heavy atom. The van der Waals surface area contributed by atoms with Crippen LogP contribution in [-0.2, 0) is 19.5 Å². The van der Waals surface area contributed by atoms with Crippen molar-refractivity contribution in [2.24, 2.45) is 30.0 Å². The van der Waals surface area contributed by atoms with Gasteiger partial charge in [-0.15, -0.1) is 0 Å². The van der Waals surface area contributed by atoms with Crippen LogP contribution in [0.3, 0.4) is 0 Å². The number of hydrogen-bond donors (Lipinski definition) is 4. The summed E-state index contributed by atoms with van der Waals surface area (Å²) in [5.74, 6) is 1.79. The van der Waals surface area contributed by atoms with Gasteiger partial charge in [0.1, 0.15) is 11.6 Å². The maximum absolute atomic E-state index is 4.60. The van der Waals surface area contributed by atoms with Gasteiger partial charge in [-0.05, 0) is 109 Å². The number of allylic oxidation sites excluding steroid dienone is 20. The van der Waals surface area contributed by atoms with Crippen molar-refractivity contribution in [3.8, 4) is 0 Å². The molecule has 0 aromatic heterocycles. The van der Waals surface area contributed by atoms with E-state index in [0.717, 1.165) is 91.5 Å². The standard InChI is InChI=1S/2C19H13N5.Rh/c2*1-2-13-8-15-5-6-17(23-15)10-19-20-11-18(24-19)9-16-4-3-14(22-16)7-12(1)21-13;/h2*1-11,20,24H;. The molecule has 11 heteroatoms. The van der Waals surface area contributed by atoms with Crippen molar-refractivity contribution in [1.29, 1.82) is 0 Å². The minimum Gasteiger partial charge on any atom is -0.346 e. The van der Waals surface area contributed by atoms with Gasteiger partial charge in [-0.1, -0.05) is 0 Å². The molecule has 0 aromatic rings. The quantitative estimate of drug-likeness (QED) is 0.259. The van der Waals surface area contributed by atoms with Crippen molar-refractivity contribution >= 4 is 34.3 Å². The van der Waals surface area contributed by atoms with Crippen molar-refractivity contribution in [3.63, 3.8) is 0 Å². The summed E-state index contributed by atoms with van der Waals surface area (Å²) in [4.78, 5) is 27.6. The molecule has 0 fully saturated rings. The van der Waals surface area contributed by atoms with Crippen LogP contribution in [0.2, 0.25) is 0 Å². The average molecular weight is 726 g/mol. The van der Waals surface area contributed by atoms with Crippen molar-refractivity contribution < 1.29 is 19.5 Å². The van der Waals surface area contributed by atoms with Crippen molar-refractivity contribution in [3.05, 3.63) is 191 Å². The van der Waals surface area contributed by atoms with Gasteiger partial charge in [-0.3, -0.25) is 0 Å². The predicted molar refractivity (Wildman–Crippen MR) is 193 cm³/mol. The summed E-state index contributed by atoms with van der Waals surface area (Å²) in [5.41, 5.74) is 12.7. The van der Waals surface area contributed by atoms with Gasteiger partial charge in [0.05, 0.1) is 79.8 Å². The van der Waals surface area contributed by atoms with E-state index < -0.39 is 0 Å². The Balaban J connectivity index is 0.000000139. The van der Waals surface area contributed by atoms with Crippen LogP contribution in [0, 0.1) is 0 Å². The van der Waals surface area contributed by atoms with Gasteiger partial charge >= 0.3 is 0 Å². The molecule has 4 N–H and O–H groups in total. The number of rotatable bonds is 0. The molecule has 10 aliphatic rings. The van der Waals surface area contributed by atoms with Crippen LogP contribution in [0.4, 0.5) is 0 Å². The Morgan fingerprint density at radius 2 is 0.571 bits per heavy atom. The number of fused-ring (bicyclic) bond motifs is 10. The van der Waals surface area contributed by atoms with Gasteiger partial charge in [-0.25, -0.2) is 30.0 Å². The van der Waals surface area contributed by atoms with Crippen LogP contribution < -0.4 is 21.3 Å². The molecule has 237 valence electrons. The molecular weight excluding hydrogens is 699 g/mol. The Labute approximate surface area is 295 Å². The average Bonchev–Trinajstić information content (AvgIpc) is 3.91. The van der Waals surface area contributed by atoms with Gasteiger partial charge in [-0.2, -0.15) is 0 Å². The summed E-state index contributed by atoms with van der Waals surface area (Å²) < 4.78 is 0. The van der Waals surface area contributed by atoms with E-state index in [2.05, 4.69) is 51.2 Å². The normalized spacial score (nSPS) is 22.2. The first-order valence-corrected chi connectivity index (χ1v) is 15.4. The summed E-state index contributed by atoms with van der Waals surface area (Å²) in [6.07, 6.45) is 43.6. The number of nitrogens with zero attached hydrogens (tertiary/aromatic N) is 6. The first kappa shape index (κ1) is 30.0. The van der Waals surface area contributed by atoms with Crippen molar-refractivity contribution in [2.45, 2.75) is 0 Å². The maximum atomic E-state index is 4.60. The van der Waals surface area contributed by atoms with E-state index in [9.17, 15) is 0 Å². The topological polar surface area (TPSA) is 122 Å². The molecule has 0 spiro atoms. The Hall–Kier alpha value is -6.32. The molecule has 16 bridgehead atoms. The molecule has 10 nitrogen and oxygen atoms in total. The molecule has 10 heterocycles. The third kappa shape index (κ3) is 6.88. The van der Waals surface area contributed by atoms with Crippen LogP contribution in [0.1, 0.15) is 0 Å². The maximum Gasteiger partial charge on any atom is 0.109 e. The van der Waals surface area contributed by atoms with E-state index in [1.807, 2.05) is 134 Å². The first-order chi connectivity index (χ1) is 23.6. The molecule has 0 saturated carbocycles. The summed E-state index contributed by atoms with van der Waals surface area (Å²) >= 11 is 0. The zero-order valence-electron chi connectivity index (χ0n) is 25.7. The van der Waals surface area contributed by atoms with Gasteiger partial charge in [0, 0.05) is 44.0 Å². The zero-order valence-corrected chi connectivity index (χ0v) is 27.4. The fourth-order valence-electron chi connectivity index (χ4n) is 5.63. The van der Waals surface area contributed by atoms with Gasteiger partial charge in [0.2, 0.25) is 0 Å². The third-order valence-corrected chi connectivity index (χ3v) is 7.80. The number of nitrogens with one attached hydrogen (secondary N) is 4.